The van der Waals surface area contributed by atoms with Crippen LogP contribution in [-0.4, -0.2) is 15.0 Å². The third-order valence-corrected chi connectivity index (χ3v) is 2.24. The first-order chi connectivity index (χ1) is 7.54. The molecule has 1 aromatic carbocycles. The number of rotatable bonds is 1. The Morgan fingerprint density at radius 2 is 1.75 bits per heavy atom. The number of aromatic amines is 1. The van der Waals surface area contributed by atoms with Gasteiger partial charge in [0, 0.05) is 15.6 Å². The summed E-state index contributed by atoms with van der Waals surface area (Å²) in [6.07, 6.45) is 0. The zero-order valence-corrected chi connectivity index (χ0v) is 9.38. The van der Waals surface area contributed by atoms with E-state index in [9.17, 15) is 4.79 Å². The minimum atomic E-state index is -0.571. The van der Waals surface area contributed by atoms with Crippen LogP contribution in [0.5, 0.6) is 0 Å². The van der Waals surface area contributed by atoms with Crippen molar-refractivity contribution in [3.8, 4) is 11.4 Å². The summed E-state index contributed by atoms with van der Waals surface area (Å²) in [4.78, 5) is 20.8. The lowest BCUT2D eigenvalue weighted by molar-refractivity contribution is 1.01. The first-order valence-corrected chi connectivity index (χ1v) is 5.00. The van der Waals surface area contributed by atoms with Crippen LogP contribution in [0, 0.1) is 0 Å². The first-order valence-electron chi connectivity index (χ1n) is 4.25. The van der Waals surface area contributed by atoms with Gasteiger partial charge in [-0.2, -0.15) is 9.97 Å². The number of nitrogens with two attached hydrogens (primary N) is 1. The molecule has 2 rings (SSSR count). The number of hydrogen-bond donors (Lipinski definition) is 2. The summed E-state index contributed by atoms with van der Waals surface area (Å²) in [6.45, 7) is 0. The molecule has 3 N–H and O–H groups in total. The summed E-state index contributed by atoms with van der Waals surface area (Å²) in [7, 11) is 0. The molecule has 0 spiro atoms. The van der Waals surface area contributed by atoms with Crippen LogP contribution in [0.4, 0.5) is 5.95 Å². The molecule has 0 aliphatic heterocycles. The zero-order valence-electron chi connectivity index (χ0n) is 7.87. The SMILES string of the molecule is Nc1nc(-c2cc(Cl)cc(Cl)c2)[nH]c(=O)n1. The van der Waals surface area contributed by atoms with Crippen molar-refractivity contribution >= 4 is 29.2 Å². The molecule has 1 aromatic heterocycles. The molecule has 0 fully saturated rings. The Kier molecular flexibility index (Phi) is 2.80. The van der Waals surface area contributed by atoms with Crippen LogP contribution in [0.2, 0.25) is 10.0 Å². The van der Waals surface area contributed by atoms with Crippen molar-refractivity contribution in [3.05, 3.63) is 38.7 Å². The Hall–Kier alpha value is -1.59. The van der Waals surface area contributed by atoms with Gasteiger partial charge in [-0.05, 0) is 18.2 Å². The first kappa shape index (κ1) is 10.9. The molecule has 0 aliphatic carbocycles. The summed E-state index contributed by atoms with van der Waals surface area (Å²) in [5.74, 6) is 0.178. The van der Waals surface area contributed by atoms with Crippen molar-refractivity contribution in [1.82, 2.24) is 15.0 Å². The van der Waals surface area contributed by atoms with Crippen LogP contribution >= 0.6 is 23.2 Å². The summed E-state index contributed by atoms with van der Waals surface area (Å²) in [5, 5.41) is 0.890. The minimum absolute atomic E-state index is 0.102. The molecule has 0 atom stereocenters. The number of H-pyrrole nitrogens is 1. The largest absolute Gasteiger partial charge is 0.368 e. The van der Waals surface area contributed by atoms with Crippen LogP contribution in [-0.2, 0) is 0 Å². The topological polar surface area (TPSA) is 84.7 Å². The van der Waals surface area contributed by atoms with E-state index in [0.717, 1.165) is 0 Å². The van der Waals surface area contributed by atoms with E-state index in [1.54, 1.807) is 18.2 Å². The lowest BCUT2D eigenvalue weighted by Crippen LogP contribution is -2.15. The highest BCUT2D eigenvalue weighted by Crippen LogP contribution is 2.24. The van der Waals surface area contributed by atoms with Gasteiger partial charge in [0.05, 0.1) is 0 Å². The van der Waals surface area contributed by atoms with E-state index in [1.807, 2.05) is 0 Å². The second-order valence-electron chi connectivity index (χ2n) is 3.02. The van der Waals surface area contributed by atoms with Gasteiger partial charge in [-0.15, -0.1) is 0 Å². The predicted octanol–water partition coefficient (Wildman–Crippen LogP) is 1.72. The molecule has 1 heterocycles. The third kappa shape index (κ3) is 2.32. The highest BCUT2D eigenvalue weighted by atomic mass is 35.5. The van der Waals surface area contributed by atoms with Crippen molar-refractivity contribution in [3.63, 3.8) is 0 Å². The molecular weight excluding hydrogens is 251 g/mol. The Morgan fingerprint density at radius 1 is 1.12 bits per heavy atom. The average Bonchev–Trinajstić information content (AvgIpc) is 2.14. The van der Waals surface area contributed by atoms with Crippen molar-refractivity contribution in [2.45, 2.75) is 0 Å². The molecule has 7 heteroatoms. The average molecular weight is 257 g/mol. The van der Waals surface area contributed by atoms with Gasteiger partial charge in [-0.25, -0.2) is 4.79 Å². The number of nitrogens with zero attached hydrogens (tertiary/aromatic N) is 2. The lowest BCUT2D eigenvalue weighted by atomic mass is 10.2. The van der Waals surface area contributed by atoms with Gasteiger partial charge in [-0.3, -0.25) is 4.98 Å². The number of halogens is 2. The molecule has 0 bridgehead atoms. The van der Waals surface area contributed by atoms with Crippen LogP contribution < -0.4 is 11.4 Å². The van der Waals surface area contributed by atoms with Crippen LogP contribution in [0.15, 0.2) is 23.0 Å². The van der Waals surface area contributed by atoms with Gasteiger partial charge in [0.25, 0.3) is 0 Å². The van der Waals surface area contributed by atoms with E-state index in [1.165, 1.54) is 0 Å². The Labute approximate surface area is 100 Å². The fraction of sp³-hybridized carbons (Fsp3) is 0. The van der Waals surface area contributed by atoms with Crippen LogP contribution in [0.1, 0.15) is 0 Å². The maximum Gasteiger partial charge on any atom is 0.349 e. The van der Waals surface area contributed by atoms with Gasteiger partial charge >= 0.3 is 5.69 Å². The predicted molar refractivity (Wildman–Crippen MR) is 62.5 cm³/mol. The molecule has 2 aromatic rings. The van der Waals surface area contributed by atoms with E-state index in [-0.39, 0.29) is 11.8 Å². The van der Waals surface area contributed by atoms with Gasteiger partial charge in [-0.1, -0.05) is 23.2 Å². The minimum Gasteiger partial charge on any atom is -0.368 e. The van der Waals surface area contributed by atoms with Crippen LogP contribution in [0.3, 0.4) is 0 Å². The van der Waals surface area contributed by atoms with E-state index in [0.29, 0.717) is 15.6 Å². The summed E-state index contributed by atoms with van der Waals surface area (Å²) < 4.78 is 0. The second kappa shape index (κ2) is 4.11. The van der Waals surface area contributed by atoms with Gasteiger partial charge in [0.15, 0.2) is 0 Å². The summed E-state index contributed by atoms with van der Waals surface area (Å²) in [6, 6.07) is 4.81. The van der Waals surface area contributed by atoms with Crippen molar-refractivity contribution in [2.24, 2.45) is 0 Å². The number of nitrogens with one attached hydrogen (secondary N) is 1. The normalized spacial score (nSPS) is 10.4. The molecule has 0 saturated carbocycles. The smallest absolute Gasteiger partial charge is 0.349 e. The van der Waals surface area contributed by atoms with E-state index < -0.39 is 5.69 Å². The van der Waals surface area contributed by atoms with Gasteiger partial charge in [0.2, 0.25) is 5.95 Å². The highest BCUT2D eigenvalue weighted by molar-refractivity contribution is 6.35. The second-order valence-corrected chi connectivity index (χ2v) is 3.89. The number of benzene rings is 1. The monoisotopic (exact) mass is 256 g/mol. The fourth-order valence-electron chi connectivity index (χ4n) is 1.23. The Balaban J connectivity index is 2.62. The van der Waals surface area contributed by atoms with E-state index in [2.05, 4.69) is 15.0 Å². The molecule has 16 heavy (non-hydrogen) atoms. The molecule has 0 unspecified atom stereocenters. The number of aromatic nitrogens is 3. The maximum absolute atomic E-state index is 11.1. The highest BCUT2D eigenvalue weighted by Gasteiger charge is 2.05. The quantitative estimate of drug-likeness (QED) is 0.814. The third-order valence-electron chi connectivity index (χ3n) is 1.80. The number of hydrogen-bond acceptors (Lipinski definition) is 4. The lowest BCUT2D eigenvalue weighted by Gasteiger charge is -2.02. The molecule has 5 nitrogen and oxygen atoms in total. The molecule has 0 aliphatic rings. The van der Waals surface area contributed by atoms with E-state index >= 15 is 0 Å². The zero-order chi connectivity index (χ0) is 11.7. The molecule has 82 valence electrons. The standard InChI is InChI=1S/C9H6Cl2N4O/c10-5-1-4(2-6(11)3-5)7-13-8(12)15-9(16)14-7/h1-3H,(H3,12,13,14,15,16). The molecule has 0 amide bonds. The number of anilines is 1. The number of nitrogen functional groups attached to an aromatic ring is 1. The Morgan fingerprint density at radius 3 is 2.31 bits per heavy atom. The Bertz CT molecular complexity index is 576. The summed E-state index contributed by atoms with van der Waals surface area (Å²) in [5.41, 5.74) is 5.37. The van der Waals surface area contributed by atoms with Crippen molar-refractivity contribution in [1.29, 1.82) is 0 Å². The van der Waals surface area contributed by atoms with Crippen molar-refractivity contribution < 1.29 is 0 Å². The molecular formula is C9H6Cl2N4O. The maximum atomic E-state index is 11.1. The molecule has 0 saturated heterocycles. The molecule has 0 radical (unpaired) electrons. The fourth-order valence-corrected chi connectivity index (χ4v) is 1.75. The van der Waals surface area contributed by atoms with Gasteiger partial charge in [0.1, 0.15) is 5.82 Å². The summed E-state index contributed by atoms with van der Waals surface area (Å²) >= 11 is 11.7. The van der Waals surface area contributed by atoms with Gasteiger partial charge < -0.3 is 5.73 Å². The van der Waals surface area contributed by atoms with Crippen molar-refractivity contribution in [2.75, 3.05) is 5.73 Å². The van der Waals surface area contributed by atoms with Crippen LogP contribution in [0.25, 0.3) is 11.4 Å². The van der Waals surface area contributed by atoms with E-state index in [4.69, 9.17) is 28.9 Å².